The van der Waals surface area contributed by atoms with Crippen molar-refractivity contribution in [2.75, 3.05) is 6.26 Å². The molecule has 0 aliphatic rings. The molecule has 0 aliphatic heterocycles. The Morgan fingerprint density at radius 2 is 2.71 bits per heavy atom. The minimum atomic E-state index is 0.866. The average molecular weight is 132 g/mol. The zero-order valence-electron chi connectivity index (χ0n) is 3.79. The van der Waals surface area contributed by atoms with Gasteiger partial charge in [-0.05, 0) is 17.8 Å². The normalized spacial score (nSPS) is 9.29. The second-order valence-corrected chi connectivity index (χ2v) is 2.30. The first-order chi connectivity index (χ1) is 3.43. The van der Waals surface area contributed by atoms with E-state index in [1.54, 1.807) is 17.3 Å². The highest BCUT2D eigenvalue weighted by molar-refractivity contribution is 7.98. The van der Waals surface area contributed by atoms with Gasteiger partial charge in [-0.15, -0.1) is 0 Å². The van der Waals surface area contributed by atoms with Gasteiger partial charge in [0.05, 0.1) is 0 Å². The second-order valence-electron chi connectivity index (χ2n) is 0.918. The van der Waals surface area contributed by atoms with Crippen LogP contribution in [0.15, 0.2) is 10.7 Å². The topological polar surface area (TPSA) is 25.8 Å². The summed E-state index contributed by atoms with van der Waals surface area (Å²) in [5, 5.41) is 0.866. The van der Waals surface area contributed by atoms with Gasteiger partial charge in [0.25, 0.3) is 0 Å². The SMILES string of the molecule is CSc1ncsn1. The number of hydrogen-bond acceptors (Lipinski definition) is 4. The van der Waals surface area contributed by atoms with Crippen molar-refractivity contribution < 1.29 is 0 Å². The molecule has 7 heavy (non-hydrogen) atoms. The molecular formula is C3H4N2S2. The molecule has 38 valence electrons. The standard InChI is InChI=1S/C3H4N2S2/c1-6-3-4-2-7-5-3/h2H,1H3. The van der Waals surface area contributed by atoms with Gasteiger partial charge in [-0.25, -0.2) is 4.98 Å². The largest absolute Gasteiger partial charge is 0.218 e. The maximum absolute atomic E-state index is 3.93. The maximum atomic E-state index is 3.93. The lowest BCUT2D eigenvalue weighted by atomic mass is 11.3. The van der Waals surface area contributed by atoms with E-state index < -0.39 is 0 Å². The summed E-state index contributed by atoms with van der Waals surface area (Å²) < 4.78 is 3.93. The molecule has 0 saturated carbocycles. The van der Waals surface area contributed by atoms with Gasteiger partial charge in [-0.1, -0.05) is 11.8 Å². The molecule has 1 heterocycles. The van der Waals surface area contributed by atoms with E-state index in [-0.39, 0.29) is 0 Å². The van der Waals surface area contributed by atoms with E-state index in [0.29, 0.717) is 0 Å². The molecular weight excluding hydrogens is 128 g/mol. The van der Waals surface area contributed by atoms with Crippen LogP contribution in [-0.4, -0.2) is 15.6 Å². The second kappa shape index (κ2) is 2.28. The van der Waals surface area contributed by atoms with Crippen molar-refractivity contribution in [2.24, 2.45) is 0 Å². The molecule has 0 unspecified atom stereocenters. The highest BCUT2D eigenvalue weighted by Gasteiger charge is 1.87. The molecule has 2 nitrogen and oxygen atoms in total. The van der Waals surface area contributed by atoms with Crippen molar-refractivity contribution in [2.45, 2.75) is 5.16 Å². The molecule has 1 aromatic rings. The Labute approximate surface area is 50.1 Å². The molecule has 1 aromatic heterocycles. The number of aromatic nitrogens is 2. The van der Waals surface area contributed by atoms with Crippen molar-refractivity contribution in [1.82, 2.24) is 9.36 Å². The lowest BCUT2D eigenvalue weighted by molar-refractivity contribution is 1.08. The highest BCUT2D eigenvalue weighted by Crippen LogP contribution is 2.06. The van der Waals surface area contributed by atoms with Gasteiger partial charge in [-0.3, -0.25) is 0 Å². The number of rotatable bonds is 1. The monoisotopic (exact) mass is 132 g/mol. The van der Waals surface area contributed by atoms with E-state index in [4.69, 9.17) is 0 Å². The molecule has 0 amide bonds. The first-order valence-corrected chi connectivity index (χ1v) is 3.80. The minimum absolute atomic E-state index is 0.866. The molecule has 4 heteroatoms. The van der Waals surface area contributed by atoms with Crippen LogP contribution in [0.3, 0.4) is 0 Å². The van der Waals surface area contributed by atoms with Gasteiger partial charge in [0.15, 0.2) is 5.16 Å². The fourth-order valence-corrected chi connectivity index (χ4v) is 1.23. The van der Waals surface area contributed by atoms with Gasteiger partial charge >= 0.3 is 0 Å². The molecule has 0 aliphatic carbocycles. The highest BCUT2D eigenvalue weighted by atomic mass is 32.2. The number of nitrogens with zero attached hydrogens (tertiary/aromatic N) is 2. The molecule has 0 saturated heterocycles. The van der Waals surface area contributed by atoms with Crippen molar-refractivity contribution in [3.63, 3.8) is 0 Å². The molecule has 0 N–H and O–H groups in total. The van der Waals surface area contributed by atoms with Gasteiger partial charge in [-0.2, -0.15) is 4.37 Å². The summed E-state index contributed by atoms with van der Waals surface area (Å²) >= 11 is 2.95. The first-order valence-electron chi connectivity index (χ1n) is 1.74. The van der Waals surface area contributed by atoms with Crippen LogP contribution in [-0.2, 0) is 0 Å². The summed E-state index contributed by atoms with van der Waals surface area (Å²) in [5.74, 6) is 0. The summed E-state index contributed by atoms with van der Waals surface area (Å²) in [6.45, 7) is 0. The Morgan fingerprint density at radius 3 is 3.00 bits per heavy atom. The van der Waals surface area contributed by atoms with Crippen LogP contribution in [0, 0.1) is 0 Å². The Kier molecular flexibility index (Phi) is 1.64. The van der Waals surface area contributed by atoms with Crippen LogP contribution < -0.4 is 0 Å². The zero-order valence-corrected chi connectivity index (χ0v) is 5.42. The molecule has 1 rings (SSSR count). The minimum Gasteiger partial charge on any atom is -0.218 e. The van der Waals surface area contributed by atoms with Gasteiger partial charge < -0.3 is 0 Å². The lowest BCUT2D eigenvalue weighted by Gasteiger charge is -1.75. The van der Waals surface area contributed by atoms with Crippen molar-refractivity contribution >= 4 is 23.3 Å². The van der Waals surface area contributed by atoms with Crippen LogP contribution in [0.1, 0.15) is 0 Å². The molecule has 0 aromatic carbocycles. The lowest BCUT2D eigenvalue weighted by Crippen LogP contribution is -1.65. The van der Waals surface area contributed by atoms with Crippen molar-refractivity contribution in [3.8, 4) is 0 Å². The Hall–Kier alpha value is -0.0900. The number of thioether (sulfide) groups is 1. The Bertz CT molecular complexity index is 125. The fraction of sp³-hybridized carbons (Fsp3) is 0.333. The fourth-order valence-electron chi connectivity index (χ4n) is 0.251. The summed E-state index contributed by atoms with van der Waals surface area (Å²) in [5.41, 5.74) is 1.73. The van der Waals surface area contributed by atoms with Gasteiger partial charge in [0, 0.05) is 0 Å². The third-order valence-electron chi connectivity index (χ3n) is 0.524. The summed E-state index contributed by atoms with van der Waals surface area (Å²) in [6.07, 6.45) is 1.96. The predicted octanol–water partition coefficient (Wildman–Crippen LogP) is 1.26. The van der Waals surface area contributed by atoms with Gasteiger partial charge in [0.2, 0.25) is 0 Å². The van der Waals surface area contributed by atoms with E-state index in [2.05, 4.69) is 9.36 Å². The zero-order chi connectivity index (χ0) is 5.11. The van der Waals surface area contributed by atoms with Crippen LogP contribution in [0.25, 0.3) is 0 Å². The van der Waals surface area contributed by atoms with E-state index in [9.17, 15) is 0 Å². The van der Waals surface area contributed by atoms with E-state index >= 15 is 0 Å². The Morgan fingerprint density at radius 1 is 1.86 bits per heavy atom. The third kappa shape index (κ3) is 1.14. The summed E-state index contributed by atoms with van der Waals surface area (Å²) in [7, 11) is 0. The Balaban J connectivity index is 2.76. The molecule has 0 spiro atoms. The summed E-state index contributed by atoms with van der Waals surface area (Å²) in [6, 6.07) is 0. The van der Waals surface area contributed by atoms with Crippen LogP contribution in [0.2, 0.25) is 0 Å². The van der Waals surface area contributed by atoms with E-state index in [1.807, 2.05) is 6.26 Å². The molecule has 0 fully saturated rings. The average Bonchev–Trinajstić information content (AvgIpc) is 2.14. The quantitative estimate of drug-likeness (QED) is 0.538. The number of hydrogen-bond donors (Lipinski definition) is 0. The van der Waals surface area contributed by atoms with Crippen molar-refractivity contribution in [1.29, 1.82) is 0 Å². The van der Waals surface area contributed by atoms with E-state index in [1.165, 1.54) is 11.5 Å². The van der Waals surface area contributed by atoms with Crippen molar-refractivity contribution in [3.05, 3.63) is 5.51 Å². The smallest absolute Gasteiger partial charge is 0.199 e. The molecule has 0 bridgehead atoms. The van der Waals surface area contributed by atoms with Crippen LogP contribution in [0.5, 0.6) is 0 Å². The third-order valence-corrected chi connectivity index (χ3v) is 1.68. The summed E-state index contributed by atoms with van der Waals surface area (Å²) in [4.78, 5) is 3.91. The van der Waals surface area contributed by atoms with Crippen LogP contribution >= 0.6 is 23.3 Å². The van der Waals surface area contributed by atoms with Crippen LogP contribution in [0.4, 0.5) is 0 Å². The first kappa shape index (κ1) is 5.05. The van der Waals surface area contributed by atoms with E-state index in [0.717, 1.165) is 5.16 Å². The maximum Gasteiger partial charge on any atom is 0.199 e. The predicted molar refractivity (Wildman–Crippen MR) is 31.7 cm³/mol. The molecule has 0 radical (unpaired) electrons. The molecule has 0 atom stereocenters. The van der Waals surface area contributed by atoms with Gasteiger partial charge in [0.1, 0.15) is 5.51 Å².